The molecule has 1 aromatic heterocycles. The van der Waals surface area contributed by atoms with Gasteiger partial charge in [-0.1, -0.05) is 17.8 Å². The molecule has 0 aliphatic carbocycles. The predicted molar refractivity (Wildman–Crippen MR) is 107 cm³/mol. The van der Waals surface area contributed by atoms with Crippen LogP contribution in [0.4, 0.5) is 5.69 Å². The molecule has 7 nitrogen and oxygen atoms in total. The molecule has 1 aliphatic heterocycles. The number of ether oxygens (including phenoxy) is 3. The molecule has 0 spiro atoms. The summed E-state index contributed by atoms with van der Waals surface area (Å²) in [4.78, 5) is 16.7. The maximum atomic E-state index is 12.4. The van der Waals surface area contributed by atoms with Gasteiger partial charge in [-0.05, 0) is 36.8 Å². The minimum Gasteiger partial charge on any atom is -0.495 e. The summed E-state index contributed by atoms with van der Waals surface area (Å²) >= 11 is 1.35. The van der Waals surface area contributed by atoms with Gasteiger partial charge in [-0.25, -0.2) is 4.98 Å². The lowest BCUT2D eigenvalue weighted by atomic mass is 10.2. The van der Waals surface area contributed by atoms with E-state index in [0.29, 0.717) is 22.3 Å². The number of rotatable bonds is 6. The van der Waals surface area contributed by atoms with E-state index < -0.39 is 0 Å². The number of aryl methyl sites for hydroxylation is 1. The molecule has 2 aromatic carbocycles. The number of amides is 1. The molecule has 0 radical (unpaired) electrons. The van der Waals surface area contributed by atoms with Gasteiger partial charge in [-0.2, -0.15) is 0 Å². The van der Waals surface area contributed by atoms with Gasteiger partial charge in [0.1, 0.15) is 5.75 Å². The molecule has 28 heavy (non-hydrogen) atoms. The number of anilines is 1. The van der Waals surface area contributed by atoms with Crippen LogP contribution >= 0.6 is 11.8 Å². The summed E-state index contributed by atoms with van der Waals surface area (Å²) in [5, 5.41) is 3.58. The summed E-state index contributed by atoms with van der Waals surface area (Å²) in [5.41, 5.74) is 2.67. The SMILES string of the molecule is COc1ccc(C)cc1-n1ccnc1SCC(=O)Nc1ccc2c(c1)OCO2. The molecule has 1 aliphatic rings. The first kappa shape index (κ1) is 18.2. The molecular formula is C20H19N3O4S. The maximum absolute atomic E-state index is 12.4. The number of hydrogen-bond donors (Lipinski definition) is 1. The van der Waals surface area contributed by atoms with Crippen molar-refractivity contribution in [1.82, 2.24) is 9.55 Å². The highest BCUT2D eigenvalue weighted by Gasteiger charge is 2.15. The first-order chi connectivity index (χ1) is 13.6. The van der Waals surface area contributed by atoms with Gasteiger partial charge in [0.2, 0.25) is 12.7 Å². The van der Waals surface area contributed by atoms with Gasteiger partial charge in [0.05, 0.1) is 18.6 Å². The highest BCUT2D eigenvalue weighted by Crippen LogP contribution is 2.34. The Morgan fingerprint density at radius 1 is 1.25 bits per heavy atom. The molecule has 1 amide bonds. The topological polar surface area (TPSA) is 74.6 Å². The van der Waals surface area contributed by atoms with E-state index >= 15 is 0 Å². The highest BCUT2D eigenvalue weighted by atomic mass is 32.2. The number of imidazole rings is 1. The molecule has 0 fully saturated rings. The normalized spacial score (nSPS) is 12.1. The summed E-state index contributed by atoms with van der Waals surface area (Å²) < 4.78 is 18.0. The smallest absolute Gasteiger partial charge is 0.234 e. The second-order valence-electron chi connectivity index (χ2n) is 6.16. The van der Waals surface area contributed by atoms with Crippen LogP contribution in [0.1, 0.15) is 5.56 Å². The minimum absolute atomic E-state index is 0.130. The molecule has 2 heterocycles. The van der Waals surface area contributed by atoms with Crippen molar-refractivity contribution in [1.29, 1.82) is 0 Å². The van der Waals surface area contributed by atoms with Gasteiger partial charge in [0.15, 0.2) is 16.7 Å². The van der Waals surface area contributed by atoms with Crippen LogP contribution < -0.4 is 19.5 Å². The van der Waals surface area contributed by atoms with Crippen LogP contribution in [0.3, 0.4) is 0 Å². The fraction of sp³-hybridized carbons (Fsp3) is 0.200. The van der Waals surface area contributed by atoms with Crippen molar-refractivity contribution in [2.45, 2.75) is 12.1 Å². The van der Waals surface area contributed by atoms with Crippen molar-refractivity contribution >= 4 is 23.4 Å². The zero-order valence-corrected chi connectivity index (χ0v) is 16.3. The monoisotopic (exact) mass is 397 g/mol. The standard InChI is InChI=1S/C20H19N3O4S/c1-13-3-5-16(25-2)15(9-13)23-8-7-21-20(23)28-11-19(24)22-14-4-6-17-18(10-14)27-12-26-17/h3-10H,11-12H2,1-2H3,(H,22,24). The van der Waals surface area contributed by atoms with E-state index in [0.717, 1.165) is 17.0 Å². The summed E-state index contributed by atoms with van der Waals surface area (Å²) in [5.74, 6) is 2.15. The first-order valence-corrected chi connectivity index (χ1v) is 9.63. The second kappa shape index (κ2) is 7.85. The van der Waals surface area contributed by atoms with Crippen molar-refractivity contribution < 1.29 is 19.0 Å². The number of nitrogens with zero attached hydrogens (tertiary/aromatic N) is 2. The summed E-state index contributed by atoms with van der Waals surface area (Å²) in [7, 11) is 1.64. The Balaban J connectivity index is 1.44. The molecule has 0 bridgehead atoms. The Morgan fingerprint density at radius 3 is 2.96 bits per heavy atom. The van der Waals surface area contributed by atoms with Gasteiger partial charge in [0, 0.05) is 24.1 Å². The quantitative estimate of drug-likeness (QED) is 0.640. The number of methoxy groups -OCH3 is 1. The molecule has 0 saturated heterocycles. The molecular weight excluding hydrogens is 378 g/mol. The van der Waals surface area contributed by atoms with Gasteiger partial charge < -0.3 is 19.5 Å². The molecule has 4 rings (SSSR count). The molecule has 0 atom stereocenters. The number of fused-ring (bicyclic) bond motifs is 1. The minimum atomic E-state index is -0.130. The third-order valence-corrected chi connectivity index (χ3v) is 5.16. The van der Waals surface area contributed by atoms with E-state index in [1.54, 1.807) is 31.5 Å². The fourth-order valence-electron chi connectivity index (χ4n) is 2.87. The van der Waals surface area contributed by atoms with E-state index in [1.807, 2.05) is 35.9 Å². The number of nitrogens with one attached hydrogen (secondary N) is 1. The molecule has 0 saturated carbocycles. The van der Waals surface area contributed by atoms with Crippen LogP contribution in [0.15, 0.2) is 53.9 Å². The lowest BCUT2D eigenvalue weighted by Crippen LogP contribution is -2.14. The summed E-state index contributed by atoms with van der Waals surface area (Å²) in [6, 6.07) is 11.3. The van der Waals surface area contributed by atoms with Crippen LogP contribution in [-0.4, -0.2) is 35.1 Å². The van der Waals surface area contributed by atoms with Crippen molar-refractivity contribution in [2.24, 2.45) is 0 Å². The fourth-order valence-corrected chi connectivity index (χ4v) is 3.64. The zero-order chi connectivity index (χ0) is 19.5. The van der Waals surface area contributed by atoms with E-state index in [9.17, 15) is 4.79 Å². The van der Waals surface area contributed by atoms with Gasteiger partial charge >= 0.3 is 0 Å². The maximum Gasteiger partial charge on any atom is 0.234 e. The Bertz CT molecular complexity index is 1020. The number of hydrogen-bond acceptors (Lipinski definition) is 6. The van der Waals surface area contributed by atoms with E-state index in [-0.39, 0.29) is 18.5 Å². The van der Waals surface area contributed by atoms with Crippen LogP contribution in [0.25, 0.3) is 5.69 Å². The summed E-state index contributed by atoms with van der Waals surface area (Å²) in [6.07, 6.45) is 3.56. The van der Waals surface area contributed by atoms with E-state index in [2.05, 4.69) is 10.3 Å². The van der Waals surface area contributed by atoms with Crippen molar-refractivity contribution in [2.75, 3.05) is 25.0 Å². The number of benzene rings is 2. The van der Waals surface area contributed by atoms with E-state index in [4.69, 9.17) is 14.2 Å². The number of aromatic nitrogens is 2. The number of carbonyl (C=O) groups excluding carboxylic acids is 1. The van der Waals surface area contributed by atoms with Crippen LogP contribution in [0.2, 0.25) is 0 Å². The second-order valence-corrected chi connectivity index (χ2v) is 7.10. The average molecular weight is 397 g/mol. The molecule has 3 aromatic rings. The molecule has 144 valence electrons. The van der Waals surface area contributed by atoms with Crippen LogP contribution in [0, 0.1) is 6.92 Å². The lowest BCUT2D eigenvalue weighted by Gasteiger charge is -2.13. The van der Waals surface area contributed by atoms with Crippen molar-refractivity contribution in [3.63, 3.8) is 0 Å². The zero-order valence-electron chi connectivity index (χ0n) is 15.5. The molecule has 0 unspecified atom stereocenters. The van der Waals surface area contributed by atoms with Crippen LogP contribution in [0.5, 0.6) is 17.2 Å². The third-order valence-electron chi connectivity index (χ3n) is 4.19. The van der Waals surface area contributed by atoms with Gasteiger partial charge in [-0.3, -0.25) is 9.36 Å². The Kier molecular flexibility index (Phi) is 5.12. The third kappa shape index (κ3) is 3.77. The molecule has 8 heteroatoms. The summed E-state index contributed by atoms with van der Waals surface area (Å²) in [6.45, 7) is 2.22. The lowest BCUT2D eigenvalue weighted by molar-refractivity contribution is -0.113. The Hall–Kier alpha value is -3.13. The first-order valence-electron chi connectivity index (χ1n) is 8.65. The van der Waals surface area contributed by atoms with Crippen molar-refractivity contribution in [3.8, 4) is 22.9 Å². The van der Waals surface area contributed by atoms with E-state index in [1.165, 1.54) is 11.8 Å². The predicted octanol–water partition coefficient (Wildman–Crippen LogP) is 3.65. The van der Waals surface area contributed by atoms with Crippen LogP contribution in [-0.2, 0) is 4.79 Å². The average Bonchev–Trinajstić information content (AvgIpc) is 3.35. The Labute approximate surface area is 166 Å². The van der Waals surface area contributed by atoms with Gasteiger partial charge in [-0.15, -0.1) is 0 Å². The number of carbonyl (C=O) groups is 1. The van der Waals surface area contributed by atoms with Gasteiger partial charge in [0.25, 0.3) is 0 Å². The largest absolute Gasteiger partial charge is 0.495 e. The Morgan fingerprint density at radius 2 is 2.11 bits per heavy atom. The highest BCUT2D eigenvalue weighted by molar-refractivity contribution is 7.99. The van der Waals surface area contributed by atoms with Crippen molar-refractivity contribution in [3.05, 3.63) is 54.4 Å². The molecule has 1 N–H and O–H groups in total. The number of thioether (sulfide) groups is 1.